The molecule has 70 valence electrons. The SMILES string of the molecule is CN(C)O.CN(C)O.[O]=[V][OH]. The second-order valence-corrected chi connectivity index (χ2v) is 2.03. The van der Waals surface area contributed by atoms with E-state index in [-0.39, 0.29) is 0 Å². The second kappa shape index (κ2) is 16.6. The fourth-order valence-corrected chi connectivity index (χ4v) is 0. The average Bonchev–Trinajstić information content (AvgIpc) is 1.60. The average molecular weight is 206 g/mol. The first-order valence-corrected chi connectivity index (χ1v) is 3.77. The van der Waals surface area contributed by atoms with Crippen molar-refractivity contribution in [2.24, 2.45) is 0 Å². The first-order valence-electron chi connectivity index (χ1n) is 2.57. The molecule has 0 heterocycles. The van der Waals surface area contributed by atoms with Gasteiger partial charge in [-0.2, -0.15) is 10.1 Å². The Kier molecular flexibility index (Phi) is 26.2. The molecule has 11 heavy (non-hydrogen) atoms. The fourth-order valence-electron chi connectivity index (χ4n) is 0. The second-order valence-electron chi connectivity index (χ2n) is 1.78. The predicted octanol–water partition coefficient (Wildman–Crippen LogP) is -0.804. The zero-order valence-corrected chi connectivity index (χ0v) is 8.49. The summed E-state index contributed by atoms with van der Waals surface area (Å²) in [6.07, 6.45) is 0. The molecule has 0 fully saturated rings. The van der Waals surface area contributed by atoms with Gasteiger partial charge in [0.25, 0.3) is 0 Å². The third-order valence-electron chi connectivity index (χ3n) is 0. The van der Waals surface area contributed by atoms with E-state index in [9.17, 15) is 0 Å². The maximum atomic E-state index is 8.58. The number of rotatable bonds is 0. The quantitative estimate of drug-likeness (QED) is 0.450. The van der Waals surface area contributed by atoms with E-state index in [0.29, 0.717) is 0 Å². The van der Waals surface area contributed by atoms with Gasteiger partial charge < -0.3 is 10.4 Å². The number of hydroxylamine groups is 4. The number of hydrogen-bond acceptors (Lipinski definition) is 5. The summed E-state index contributed by atoms with van der Waals surface area (Å²) in [5.74, 6) is 0. The van der Waals surface area contributed by atoms with E-state index in [1.165, 1.54) is 0 Å². The molecule has 0 radical (unpaired) electrons. The molecule has 0 amide bonds. The number of hydrogen-bond donors (Lipinski definition) is 3. The summed E-state index contributed by atoms with van der Waals surface area (Å²) in [6, 6.07) is 0. The molecule has 0 saturated carbocycles. The van der Waals surface area contributed by atoms with Crippen molar-refractivity contribution in [3.8, 4) is 0 Å². The molecule has 0 aliphatic rings. The molecule has 0 saturated heterocycles. The van der Waals surface area contributed by atoms with Gasteiger partial charge in [-0.25, -0.2) is 0 Å². The normalized spacial score (nSPS) is 7.73. The van der Waals surface area contributed by atoms with E-state index < -0.39 is 16.6 Å². The van der Waals surface area contributed by atoms with Crippen LogP contribution in [-0.4, -0.2) is 52.8 Å². The molecular weight excluding hydrogens is 191 g/mol. The third kappa shape index (κ3) is 20100. The van der Waals surface area contributed by atoms with Crippen molar-refractivity contribution in [2.75, 3.05) is 28.2 Å². The Morgan fingerprint density at radius 2 is 1.00 bits per heavy atom. The summed E-state index contributed by atoms with van der Waals surface area (Å²) < 4.78 is 15.7. The minimum atomic E-state index is -1.56. The monoisotopic (exact) mass is 206 g/mol. The molecule has 0 spiro atoms. The standard InChI is InChI=1S/2C2H7NO.H2O.O.V/c2*1-3(2)4;;;/h2*4H,1-2H3;1H2;;/q;;;;+1/p-1. The van der Waals surface area contributed by atoms with Crippen molar-refractivity contribution >= 4 is 0 Å². The van der Waals surface area contributed by atoms with Crippen LogP contribution in [-0.2, 0) is 20.3 Å². The Hall–Kier alpha value is 0.184. The van der Waals surface area contributed by atoms with Gasteiger partial charge in [0.15, 0.2) is 0 Å². The van der Waals surface area contributed by atoms with Gasteiger partial charge in [-0.15, -0.1) is 0 Å². The first-order chi connectivity index (χ1) is 4.88. The summed E-state index contributed by atoms with van der Waals surface area (Å²) in [5.41, 5.74) is 0. The summed E-state index contributed by atoms with van der Waals surface area (Å²) in [7, 11) is 6.22. The minimum absolute atomic E-state index is 1.00. The molecule has 0 atom stereocenters. The Balaban J connectivity index is -0.0000000886. The summed E-state index contributed by atoms with van der Waals surface area (Å²) in [6.45, 7) is 0. The molecule has 6 nitrogen and oxygen atoms in total. The van der Waals surface area contributed by atoms with Crippen molar-refractivity contribution in [3.05, 3.63) is 0 Å². The van der Waals surface area contributed by atoms with Gasteiger partial charge in [0, 0.05) is 28.2 Å². The van der Waals surface area contributed by atoms with Crippen molar-refractivity contribution in [1.82, 2.24) is 10.1 Å². The molecule has 0 bridgehead atoms. The maximum absolute atomic E-state index is 8.58. The van der Waals surface area contributed by atoms with Crippen LogP contribution in [0.2, 0.25) is 0 Å². The van der Waals surface area contributed by atoms with Crippen LogP contribution in [0.4, 0.5) is 0 Å². The Morgan fingerprint density at radius 3 is 1.00 bits per heavy atom. The topological polar surface area (TPSA) is 84.2 Å². The Morgan fingerprint density at radius 1 is 1.00 bits per heavy atom. The summed E-state index contributed by atoms with van der Waals surface area (Å²) in [4.78, 5) is 0. The van der Waals surface area contributed by atoms with E-state index in [4.69, 9.17) is 18.1 Å². The molecule has 0 aromatic heterocycles. The van der Waals surface area contributed by atoms with Gasteiger partial charge >= 0.3 is 24.3 Å². The molecule has 3 N–H and O–H groups in total. The zero-order valence-electron chi connectivity index (χ0n) is 7.09. The number of nitrogens with zero attached hydrogens (tertiary/aromatic N) is 2. The molecule has 0 unspecified atom stereocenters. The van der Waals surface area contributed by atoms with Gasteiger partial charge in [0.05, 0.1) is 0 Å². The van der Waals surface area contributed by atoms with E-state index in [1.807, 2.05) is 0 Å². The van der Waals surface area contributed by atoms with Crippen molar-refractivity contribution in [1.29, 1.82) is 0 Å². The summed E-state index contributed by atoms with van der Waals surface area (Å²) in [5, 5.41) is 17.8. The van der Waals surface area contributed by atoms with E-state index >= 15 is 0 Å². The molecule has 7 heteroatoms. The molecule has 0 aromatic carbocycles. The third-order valence-corrected chi connectivity index (χ3v) is 0. The van der Waals surface area contributed by atoms with Crippen molar-refractivity contribution < 1.29 is 34.7 Å². The molecule has 0 rings (SSSR count). The molecule has 0 aliphatic carbocycles. The van der Waals surface area contributed by atoms with Crippen LogP contribution in [0.5, 0.6) is 0 Å². The van der Waals surface area contributed by atoms with Crippen molar-refractivity contribution in [3.63, 3.8) is 0 Å². The van der Waals surface area contributed by atoms with Crippen LogP contribution in [0.3, 0.4) is 0 Å². The van der Waals surface area contributed by atoms with Crippen LogP contribution >= 0.6 is 0 Å². The zero-order chi connectivity index (χ0) is 9.86. The molecule has 0 aromatic rings. The molecular formula is C4H15N2O4V. The first kappa shape index (κ1) is 17.3. The van der Waals surface area contributed by atoms with Crippen LogP contribution in [0, 0.1) is 0 Å². The van der Waals surface area contributed by atoms with Crippen molar-refractivity contribution in [2.45, 2.75) is 0 Å². The van der Waals surface area contributed by atoms with Gasteiger partial charge in [-0.1, -0.05) is 0 Å². The van der Waals surface area contributed by atoms with E-state index in [1.54, 1.807) is 28.2 Å². The Bertz CT molecular complexity index is 59.6. The predicted molar refractivity (Wildman–Crippen MR) is 33.9 cm³/mol. The molecule has 0 aliphatic heterocycles. The van der Waals surface area contributed by atoms with Gasteiger partial charge in [-0.05, 0) is 0 Å². The summed E-state index contributed by atoms with van der Waals surface area (Å²) >= 11 is -1.56. The van der Waals surface area contributed by atoms with Gasteiger partial charge in [-0.3, -0.25) is 0 Å². The van der Waals surface area contributed by atoms with Crippen LogP contribution < -0.4 is 0 Å². The Labute approximate surface area is 73.6 Å². The van der Waals surface area contributed by atoms with E-state index in [0.717, 1.165) is 10.1 Å². The van der Waals surface area contributed by atoms with Crippen LogP contribution in [0.25, 0.3) is 0 Å². The van der Waals surface area contributed by atoms with Gasteiger partial charge in [0.2, 0.25) is 0 Å². The van der Waals surface area contributed by atoms with Crippen LogP contribution in [0.15, 0.2) is 0 Å². The fraction of sp³-hybridized carbons (Fsp3) is 1.00. The van der Waals surface area contributed by atoms with Gasteiger partial charge in [0.1, 0.15) is 0 Å². The van der Waals surface area contributed by atoms with Crippen LogP contribution in [0.1, 0.15) is 0 Å². The van der Waals surface area contributed by atoms with E-state index in [2.05, 4.69) is 0 Å².